The smallest absolute Gasteiger partial charge is 0.411 e. The molecule has 0 bridgehead atoms. The lowest BCUT2D eigenvalue weighted by Gasteiger charge is -2.32. The van der Waals surface area contributed by atoms with E-state index in [1.807, 2.05) is 48.6 Å². The maximum absolute atomic E-state index is 12.9. The van der Waals surface area contributed by atoms with Crippen molar-refractivity contribution in [2.75, 3.05) is 7.11 Å². The maximum atomic E-state index is 12.9. The lowest BCUT2D eigenvalue weighted by atomic mass is 9.93. The number of allylic oxidation sites excluding steroid dienone is 2. The summed E-state index contributed by atoms with van der Waals surface area (Å²) in [6.07, 6.45) is 5.68. The van der Waals surface area contributed by atoms with Crippen molar-refractivity contribution in [2.45, 2.75) is 44.8 Å². The van der Waals surface area contributed by atoms with Gasteiger partial charge in [0, 0.05) is 5.92 Å². The number of carbonyl (C=O) groups is 2. The minimum Gasteiger partial charge on any atom is -0.547 e. The lowest BCUT2D eigenvalue weighted by Crippen LogP contribution is -2.46. The number of hydrogen-bond acceptors (Lipinski definition) is 5. The Morgan fingerprint density at radius 1 is 1.18 bits per heavy atom. The lowest BCUT2D eigenvalue weighted by molar-refractivity contribution is -0.145. The fourth-order valence-electron chi connectivity index (χ4n) is 3.65. The Labute approximate surface area is 166 Å². The van der Waals surface area contributed by atoms with E-state index in [1.54, 1.807) is 0 Å². The number of likely N-dealkylation sites (tertiary alicyclic amines) is 1. The number of rotatable bonds is 5. The van der Waals surface area contributed by atoms with Crippen LogP contribution in [-0.2, 0) is 25.3 Å². The second-order valence-electron chi connectivity index (χ2n) is 7.99. The number of esters is 1. The first-order chi connectivity index (χ1) is 13.3. The minimum absolute atomic E-state index is 0.0786. The first-order valence-corrected chi connectivity index (χ1v) is 12.9. The zero-order chi connectivity index (χ0) is 20.3. The van der Waals surface area contributed by atoms with Gasteiger partial charge >= 0.3 is 12.1 Å². The van der Waals surface area contributed by atoms with Crippen molar-refractivity contribution < 1.29 is 23.5 Å². The maximum Gasteiger partial charge on any atom is 0.411 e. The molecule has 0 saturated carbocycles. The molecule has 0 aromatic heterocycles. The molecule has 3 atom stereocenters. The highest BCUT2D eigenvalue weighted by molar-refractivity contribution is 6.70. The van der Waals surface area contributed by atoms with Gasteiger partial charge in [-0.05, 0) is 37.7 Å². The monoisotopic (exact) mass is 401 g/mol. The fraction of sp³-hybridized carbons (Fsp3) is 0.429. The highest BCUT2D eigenvalue weighted by atomic mass is 28.4. The van der Waals surface area contributed by atoms with Gasteiger partial charge in [0.2, 0.25) is 8.32 Å². The van der Waals surface area contributed by atoms with E-state index in [1.165, 1.54) is 12.0 Å². The number of benzene rings is 1. The molecule has 0 unspecified atom stereocenters. The van der Waals surface area contributed by atoms with E-state index in [-0.39, 0.29) is 18.6 Å². The van der Waals surface area contributed by atoms with Gasteiger partial charge in [0.25, 0.3) is 0 Å². The summed E-state index contributed by atoms with van der Waals surface area (Å²) in [6, 6.07) is 8.48. The SMILES string of the molecule is COC(=O)[C@@H]1C[C@@H]2C(O[Si](C)(C)C)=CC=C[C@@H]2N1C(=O)OCc1ccccc1. The molecule has 1 aliphatic heterocycles. The van der Waals surface area contributed by atoms with Gasteiger partial charge in [0.15, 0.2) is 0 Å². The average Bonchev–Trinajstić information content (AvgIpc) is 3.06. The van der Waals surface area contributed by atoms with Crippen LogP contribution in [0.4, 0.5) is 4.79 Å². The molecule has 0 spiro atoms. The van der Waals surface area contributed by atoms with Gasteiger partial charge in [0.1, 0.15) is 12.6 Å². The molecule has 1 aliphatic carbocycles. The second kappa shape index (κ2) is 8.22. The van der Waals surface area contributed by atoms with Gasteiger partial charge in [-0.1, -0.05) is 42.5 Å². The van der Waals surface area contributed by atoms with E-state index >= 15 is 0 Å². The van der Waals surface area contributed by atoms with Crippen molar-refractivity contribution >= 4 is 20.4 Å². The van der Waals surface area contributed by atoms with Crippen molar-refractivity contribution in [1.82, 2.24) is 4.90 Å². The van der Waals surface area contributed by atoms with Crippen LogP contribution in [0.2, 0.25) is 19.6 Å². The molecule has 1 aromatic rings. The van der Waals surface area contributed by atoms with Crippen molar-refractivity contribution in [1.29, 1.82) is 0 Å². The summed E-state index contributed by atoms with van der Waals surface area (Å²) in [5, 5.41) is 0. The van der Waals surface area contributed by atoms with Crippen molar-refractivity contribution in [2.24, 2.45) is 5.92 Å². The first-order valence-electron chi connectivity index (χ1n) is 9.44. The zero-order valence-corrected chi connectivity index (χ0v) is 17.8. The van der Waals surface area contributed by atoms with Gasteiger partial charge in [-0.15, -0.1) is 0 Å². The molecule has 6 nitrogen and oxygen atoms in total. The van der Waals surface area contributed by atoms with Crippen LogP contribution in [-0.4, -0.2) is 44.5 Å². The Bertz CT molecular complexity index is 784. The number of nitrogens with zero attached hydrogens (tertiary/aromatic N) is 1. The summed E-state index contributed by atoms with van der Waals surface area (Å²) in [5.74, 6) is 0.316. The van der Waals surface area contributed by atoms with E-state index in [0.717, 1.165) is 11.3 Å². The van der Waals surface area contributed by atoms with E-state index in [4.69, 9.17) is 13.9 Å². The molecule has 3 rings (SSSR count). The summed E-state index contributed by atoms with van der Waals surface area (Å²) in [6.45, 7) is 6.48. The molecule has 1 heterocycles. The summed E-state index contributed by atoms with van der Waals surface area (Å²) in [5.41, 5.74) is 0.892. The van der Waals surface area contributed by atoms with Gasteiger partial charge in [-0.2, -0.15) is 0 Å². The number of fused-ring (bicyclic) bond motifs is 1. The van der Waals surface area contributed by atoms with Gasteiger partial charge < -0.3 is 13.9 Å². The molecule has 0 N–H and O–H groups in total. The number of carbonyl (C=O) groups excluding carboxylic acids is 2. The van der Waals surface area contributed by atoms with Crippen molar-refractivity contribution in [3.8, 4) is 0 Å². The van der Waals surface area contributed by atoms with E-state index in [0.29, 0.717) is 6.42 Å². The second-order valence-corrected chi connectivity index (χ2v) is 12.4. The quantitative estimate of drug-likeness (QED) is 0.554. The molecule has 0 radical (unpaired) electrons. The van der Waals surface area contributed by atoms with Crippen LogP contribution in [0.3, 0.4) is 0 Å². The third-order valence-corrected chi connectivity index (χ3v) is 5.64. The topological polar surface area (TPSA) is 65.1 Å². The van der Waals surface area contributed by atoms with Crippen LogP contribution in [0, 0.1) is 5.92 Å². The highest BCUT2D eigenvalue weighted by Crippen LogP contribution is 2.40. The van der Waals surface area contributed by atoms with E-state index < -0.39 is 26.4 Å². The normalized spacial score (nSPS) is 23.6. The largest absolute Gasteiger partial charge is 0.547 e. The molecule has 1 aromatic carbocycles. The molecular weight excluding hydrogens is 374 g/mol. The molecule has 150 valence electrons. The predicted octanol–water partition coefficient (Wildman–Crippen LogP) is 3.86. The summed E-state index contributed by atoms with van der Waals surface area (Å²) >= 11 is 0. The van der Waals surface area contributed by atoms with Gasteiger partial charge in [0.05, 0.1) is 18.9 Å². The summed E-state index contributed by atoms with van der Waals surface area (Å²) < 4.78 is 16.7. The standard InChI is InChI=1S/C21H27NO5Si/c1-25-20(23)18-13-16-17(11-8-12-19(16)27-28(2,3)4)22(18)21(24)26-14-15-9-6-5-7-10-15/h5-12,16-18H,13-14H2,1-4H3/t16-,17-,18-/m0/s1. The summed E-state index contributed by atoms with van der Waals surface area (Å²) in [4.78, 5) is 26.8. The number of amides is 1. The Hall–Kier alpha value is -2.54. The fourth-order valence-corrected chi connectivity index (χ4v) is 4.57. The van der Waals surface area contributed by atoms with Crippen LogP contribution in [0.5, 0.6) is 0 Å². The molecule has 1 saturated heterocycles. The van der Waals surface area contributed by atoms with Crippen LogP contribution < -0.4 is 0 Å². The van der Waals surface area contributed by atoms with E-state index in [9.17, 15) is 9.59 Å². The van der Waals surface area contributed by atoms with Crippen LogP contribution >= 0.6 is 0 Å². The van der Waals surface area contributed by atoms with Crippen molar-refractivity contribution in [3.63, 3.8) is 0 Å². The van der Waals surface area contributed by atoms with Crippen molar-refractivity contribution in [3.05, 3.63) is 59.9 Å². The Kier molecular flexibility index (Phi) is 5.93. The molecule has 28 heavy (non-hydrogen) atoms. The average molecular weight is 402 g/mol. The van der Waals surface area contributed by atoms with E-state index in [2.05, 4.69) is 19.6 Å². The first kappa shape index (κ1) is 20.2. The summed E-state index contributed by atoms with van der Waals surface area (Å²) in [7, 11) is -0.487. The minimum atomic E-state index is -1.82. The predicted molar refractivity (Wildman–Crippen MR) is 108 cm³/mol. The van der Waals surface area contributed by atoms with Crippen LogP contribution in [0.1, 0.15) is 12.0 Å². The highest BCUT2D eigenvalue weighted by Gasteiger charge is 2.50. The van der Waals surface area contributed by atoms with Crippen LogP contribution in [0.25, 0.3) is 0 Å². The zero-order valence-electron chi connectivity index (χ0n) is 16.8. The number of ether oxygens (including phenoxy) is 2. The molecule has 7 heteroatoms. The van der Waals surface area contributed by atoms with Crippen LogP contribution in [0.15, 0.2) is 54.3 Å². The van der Waals surface area contributed by atoms with Gasteiger partial charge in [-0.3, -0.25) is 4.90 Å². The third-order valence-electron chi connectivity index (χ3n) is 4.79. The molecule has 1 fully saturated rings. The Morgan fingerprint density at radius 2 is 1.89 bits per heavy atom. The number of methoxy groups -OCH3 is 1. The third kappa shape index (κ3) is 4.47. The number of hydrogen-bond donors (Lipinski definition) is 0. The molecular formula is C21H27NO5Si. The Balaban J connectivity index is 1.79. The molecule has 1 amide bonds. The molecule has 2 aliphatic rings. The van der Waals surface area contributed by atoms with Gasteiger partial charge in [-0.25, -0.2) is 9.59 Å². The Morgan fingerprint density at radius 3 is 2.54 bits per heavy atom.